The first kappa shape index (κ1) is 19.5. The van der Waals surface area contributed by atoms with Crippen molar-refractivity contribution < 1.29 is 13.2 Å². The maximum Gasteiger partial charge on any atom is 0.194 e. The number of hydrogen-bond acceptors (Lipinski definition) is 0. The summed E-state index contributed by atoms with van der Waals surface area (Å²) in [4.78, 5) is 0. The molecule has 4 atom stereocenters. The smallest absolute Gasteiger partial charge is 0.194 e. The summed E-state index contributed by atoms with van der Waals surface area (Å²) in [5.41, 5.74) is 2.41. The number of benzene rings is 2. The molecule has 0 bridgehead atoms. The molecule has 0 saturated heterocycles. The van der Waals surface area contributed by atoms with Gasteiger partial charge in [0.2, 0.25) is 0 Å². The Kier molecular flexibility index (Phi) is 5.80. The Labute approximate surface area is 166 Å². The monoisotopic (exact) mass is 386 g/mol. The summed E-state index contributed by atoms with van der Waals surface area (Å²) < 4.78 is 40.2. The molecule has 2 aliphatic carbocycles. The Hall–Kier alpha value is -1.77. The van der Waals surface area contributed by atoms with Crippen LogP contribution in [0.3, 0.4) is 0 Å². The van der Waals surface area contributed by atoms with Crippen LogP contribution in [0.4, 0.5) is 13.2 Å². The van der Waals surface area contributed by atoms with Crippen molar-refractivity contribution in [2.45, 2.75) is 64.2 Å². The van der Waals surface area contributed by atoms with Crippen LogP contribution in [0.5, 0.6) is 0 Å². The Morgan fingerprint density at radius 1 is 0.786 bits per heavy atom. The molecule has 0 radical (unpaired) electrons. The summed E-state index contributed by atoms with van der Waals surface area (Å²) in [6.45, 7) is 2.29. The lowest BCUT2D eigenvalue weighted by Gasteiger charge is -2.42. The molecule has 2 fully saturated rings. The van der Waals surface area contributed by atoms with Gasteiger partial charge >= 0.3 is 0 Å². The fourth-order valence-corrected chi connectivity index (χ4v) is 5.63. The highest BCUT2D eigenvalue weighted by atomic mass is 19.2. The fraction of sp³-hybridized carbons (Fsp3) is 0.520. The van der Waals surface area contributed by atoms with E-state index in [-0.39, 0.29) is 0 Å². The van der Waals surface area contributed by atoms with Crippen molar-refractivity contribution >= 4 is 0 Å². The number of halogens is 3. The van der Waals surface area contributed by atoms with E-state index >= 15 is 0 Å². The van der Waals surface area contributed by atoms with E-state index in [1.165, 1.54) is 56.9 Å². The summed E-state index contributed by atoms with van der Waals surface area (Å²) in [6.07, 6.45) is 10.7. The first-order valence-corrected chi connectivity index (χ1v) is 10.8. The normalized spacial score (nSPS) is 27.4. The van der Waals surface area contributed by atoms with Crippen molar-refractivity contribution in [3.8, 4) is 11.1 Å². The average Bonchev–Trinajstić information content (AvgIpc) is 2.71. The molecule has 0 nitrogen and oxygen atoms in total. The quantitative estimate of drug-likeness (QED) is 0.469. The van der Waals surface area contributed by atoms with Gasteiger partial charge in [0.15, 0.2) is 17.5 Å². The van der Waals surface area contributed by atoms with Crippen LogP contribution >= 0.6 is 0 Å². The molecule has 2 aromatic carbocycles. The van der Waals surface area contributed by atoms with Crippen LogP contribution in [0.2, 0.25) is 0 Å². The van der Waals surface area contributed by atoms with E-state index in [0.29, 0.717) is 11.5 Å². The third-order valence-electron chi connectivity index (χ3n) is 7.12. The molecule has 4 rings (SSSR count). The van der Waals surface area contributed by atoms with Gasteiger partial charge < -0.3 is 0 Å². The fourth-order valence-electron chi connectivity index (χ4n) is 5.63. The van der Waals surface area contributed by atoms with Crippen LogP contribution < -0.4 is 0 Å². The third-order valence-corrected chi connectivity index (χ3v) is 7.12. The zero-order chi connectivity index (χ0) is 19.7. The van der Waals surface area contributed by atoms with Gasteiger partial charge in [-0.2, -0.15) is 0 Å². The second kappa shape index (κ2) is 8.31. The van der Waals surface area contributed by atoms with Crippen LogP contribution in [0, 0.1) is 35.2 Å². The highest BCUT2D eigenvalue weighted by Gasteiger charge is 2.35. The van der Waals surface area contributed by atoms with Gasteiger partial charge in [0, 0.05) is 0 Å². The van der Waals surface area contributed by atoms with Crippen LogP contribution in [-0.4, -0.2) is 0 Å². The maximum absolute atomic E-state index is 13.5. The van der Waals surface area contributed by atoms with Crippen LogP contribution in [-0.2, 0) is 0 Å². The first-order chi connectivity index (χ1) is 13.5. The number of rotatable bonds is 4. The topological polar surface area (TPSA) is 0 Å². The van der Waals surface area contributed by atoms with Crippen LogP contribution in [0.15, 0.2) is 36.4 Å². The average molecular weight is 387 g/mol. The number of fused-ring (bicyclic) bond motifs is 1. The van der Waals surface area contributed by atoms with E-state index in [4.69, 9.17) is 0 Å². The summed E-state index contributed by atoms with van der Waals surface area (Å²) in [5, 5.41) is 0. The molecule has 0 aromatic heterocycles. The maximum atomic E-state index is 13.5. The molecule has 0 N–H and O–H groups in total. The molecule has 0 amide bonds. The molecule has 2 aromatic rings. The van der Waals surface area contributed by atoms with Crippen molar-refractivity contribution in [3.05, 3.63) is 59.4 Å². The van der Waals surface area contributed by atoms with E-state index in [9.17, 15) is 13.2 Å². The Bertz CT molecular complexity index is 788. The largest absolute Gasteiger partial charge is 0.204 e. The molecule has 0 heterocycles. The second-order valence-corrected chi connectivity index (χ2v) is 8.87. The van der Waals surface area contributed by atoms with Crippen molar-refractivity contribution in [1.82, 2.24) is 0 Å². The standard InChI is InChI=1S/C25H29F3/c1-2-3-16-4-5-21-13-20(11-10-19(21)12-16)17-6-8-18(9-7-17)22-14-23(26)25(28)24(27)15-22/h6-9,14-16,19-21H,2-5,10-13H2,1H3/t16?,19?,20-,21-/m1/s1. The molecular formula is C25H29F3. The highest BCUT2D eigenvalue weighted by molar-refractivity contribution is 5.64. The van der Waals surface area contributed by atoms with Crippen molar-refractivity contribution in [2.75, 3.05) is 0 Å². The lowest BCUT2D eigenvalue weighted by Crippen LogP contribution is -2.30. The third kappa shape index (κ3) is 3.99. The van der Waals surface area contributed by atoms with Gasteiger partial charge in [-0.25, -0.2) is 13.2 Å². The van der Waals surface area contributed by atoms with Crippen LogP contribution in [0.1, 0.15) is 69.8 Å². The molecule has 0 aliphatic heterocycles. The zero-order valence-electron chi connectivity index (χ0n) is 16.6. The van der Waals surface area contributed by atoms with E-state index in [1.807, 2.05) is 12.1 Å². The second-order valence-electron chi connectivity index (χ2n) is 8.87. The molecular weight excluding hydrogens is 357 g/mol. The van der Waals surface area contributed by atoms with Crippen LogP contribution in [0.25, 0.3) is 11.1 Å². The van der Waals surface area contributed by atoms with E-state index < -0.39 is 17.5 Å². The summed E-state index contributed by atoms with van der Waals surface area (Å²) >= 11 is 0. The Morgan fingerprint density at radius 3 is 2.11 bits per heavy atom. The van der Waals surface area contributed by atoms with Gasteiger partial charge in [-0.3, -0.25) is 0 Å². The highest BCUT2D eigenvalue weighted by Crippen LogP contribution is 2.48. The van der Waals surface area contributed by atoms with Crippen molar-refractivity contribution in [2.24, 2.45) is 17.8 Å². The Balaban J connectivity index is 1.44. The van der Waals surface area contributed by atoms with E-state index in [2.05, 4.69) is 19.1 Å². The molecule has 28 heavy (non-hydrogen) atoms. The molecule has 0 spiro atoms. The van der Waals surface area contributed by atoms with E-state index in [1.54, 1.807) is 0 Å². The van der Waals surface area contributed by atoms with Crippen molar-refractivity contribution in [1.29, 1.82) is 0 Å². The molecule has 2 saturated carbocycles. The predicted molar refractivity (Wildman–Crippen MR) is 108 cm³/mol. The van der Waals surface area contributed by atoms with Gasteiger partial charge in [-0.05, 0) is 84.6 Å². The summed E-state index contributed by atoms with van der Waals surface area (Å²) in [6, 6.07) is 10.1. The zero-order valence-corrected chi connectivity index (χ0v) is 16.6. The molecule has 3 heteroatoms. The SMILES string of the molecule is CCCC1CC[C@@H]2C[C@H](c3ccc(-c4cc(F)c(F)c(F)c4)cc3)CCC2C1. The molecule has 2 unspecified atom stereocenters. The van der Waals surface area contributed by atoms with Gasteiger partial charge in [0.25, 0.3) is 0 Å². The lowest BCUT2D eigenvalue weighted by molar-refractivity contribution is 0.114. The minimum absolute atomic E-state index is 0.376. The van der Waals surface area contributed by atoms with Gasteiger partial charge in [-0.15, -0.1) is 0 Å². The van der Waals surface area contributed by atoms with Crippen molar-refractivity contribution in [3.63, 3.8) is 0 Å². The van der Waals surface area contributed by atoms with Gasteiger partial charge in [-0.1, -0.05) is 50.5 Å². The first-order valence-electron chi connectivity index (χ1n) is 10.8. The molecule has 150 valence electrons. The van der Waals surface area contributed by atoms with Gasteiger partial charge in [0.1, 0.15) is 0 Å². The molecule has 2 aliphatic rings. The number of hydrogen-bond donors (Lipinski definition) is 0. The van der Waals surface area contributed by atoms with E-state index in [0.717, 1.165) is 35.4 Å². The Morgan fingerprint density at radius 2 is 1.43 bits per heavy atom. The minimum atomic E-state index is -1.41. The summed E-state index contributed by atoms with van der Waals surface area (Å²) in [7, 11) is 0. The predicted octanol–water partition coefficient (Wildman–Crippen LogP) is 7.87. The summed E-state index contributed by atoms with van der Waals surface area (Å²) in [5.74, 6) is -0.408. The lowest BCUT2D eigenvalue weighted by atomic mass is 9.63. The minimum Gasteiger partial charge on any atom is -0.204 e. The van der Waals surface area contributed by atoms with Gasteiger partial charge in [0.05, 0.1) is 0 Å².